The minimum absolute atomic E-state index is 0.0838. The number of esters is 1. The maximum absolute atomic E-state index is 13.1. The zero-order valence-electron chi connectivity index (χ0n) is 16.7. The molecule has 0 aliphatic carbocycles. The average Bonchev–Trinajstić information content (AvgIpc) is 3.24. The Bertz CT molecular complexity index is 1140. The van der Waals surface area contributed by atoms with Crippen molar-refractivity contribution in [3.8, 4) is 0 Å². The summed E-state index contributed by atoms with van der Waals surface area (Å²) < 4.78 is 11.0. The van der Waals surface area contributed by atoms with Crippen LogP contribution in [-0.4, -0.2) is 40.2 Å². The number of aromatic nitrogens is 2. The molecule has 0 spiro atoms. The van der Waals surface area contributed by atoms with E-state index in [9.17, 15) is 19.7 Å². The Morgan fingerprint density at radius 3 is 2.97 bits per heavy atom. The maximum Gasteiger partial charge on any atom is 0.336 e. The second kappa shape index (κ2) is 8.19. The molecular weight excluding hydrogens is 406 g/mol. The first-order valence-electron chi connectivity index (χ1n) is 9.75. The number of nitrogens with zero attached hydrogens (tertiary/aromatic N) is 2. The van der Waals surface area contributed by atoms with Crippen molar-refractivity contribution in [1.82, 2.24) is 9.97 Å². The van der Waals surface area contributed by atoms with Gasteiger partial charge in [-0.3, -0.25) is 19.9 Å². The number of anilines is 2. The Labute approximate surface area is 176 Å². The van der Waals surface area contributed by atoms with Crippen LogP contribution in [0.15, 0.2) is 40.3 Å². The van der Waals surface area contributed by atoms with Crippen molar-refractivity contribution in [3.05, 3.63) is 67.1 Å². The van der Waals surface area contributed by atoms with E-state index >= 15 is 0 Å². The zero-order valence-corrected chi connectivity index (χ0v) is 16.7. The van der Waals surface area contributed by atoms with E-state index in [4.69, 9.17) is 15.2 Å². The number of nitrogen functional groups attached to an aromatic ring is 1. The second-order valence-electron chi connectivity index (χ2n) is 7.40. The molecule has 2 atom stereocenters. The number of H-pyrrole nitrogens is 1. The van der Waals surface area contributed by atoms with E-state index in [2.05, 4.69) is 15.3 Å². The number of benzene rings is 1. The monoisotopic (exact) mass is 427 g/mol. The van der Waals surface area contributed by atoms with Crippen LogP contribution in [0.3, 0.4) is 0 Å². The summed E-state index contributed by atoms with van der Waals surface area (Å²) in [6, 6.07) is 5.78. The first kappa shape index (κ1) is 20.5. The number of carbonyl (C=O) groups excluding carboxylic acids is 1. The predicted molar refractivity (Wildman–Crippen MR) is 110 cm³/mol. The highest BCUT2D eigenvalue weighted by Gasteiger charge is 2.37. The third kappa shape index (κ3) is 3.99. The van der Waals surface area contributed by atoms with Crippen molar-refractivity contribution in [3.63, 3.8) is 0 Å². The number of allylic oxidation sites excluding steroid dienone is 1. The van der Waals surface area contributed by atoms with E-state index < -0.39 is 22.4 Å². The lowest BCUT2D eigenvalue weighted by molar-refractivity contribution is -0.384. The number of fused-ring (bicyclic) bond motifs is 1. The Kier molecular flexibility index (Phi) is 5.42. The van der Waals surface area contributed by atoms with Gasteiger partial charge in [0.1, 0.15) is 12.4 Å². The quantitative estimate of drug-likeness (QED) is 0.367. The smallest absolute Gasteiger partial charge is 0.336 e. The molecule has 31 heavy (non-hydrogen) atoms. The molecule has 2 aliphatic rings. The van der Waals surface area contributed by atoms with E-state index in [1.54, 1.807) is 13.0 Å². The molecule has 1 aromatic heterocycles. The molecule has 1 saturated heterocycles. The Morgan fingerprint density at radius 1 is 1.45 bits per heavy atom. The van der Waals surface area contributed by atoms with Crippen LogP contribution in [0.1, 0.15) is 36.8 Å². The number of nitrogens with two attached hydrogens (primary N) is 1. The molecule has 4 rings (SSSR count). The number of carbonyl (C=O) groups is 1. The molecule has 3 heterocycles. The van der Waals surface area contributed by atoms with Gasteiger partial charge in [-0.05, 0) is 25.3 Å². The molecule has 11 nitrogen and oxygen atoms in total. The van der Waals surface area contributed by atoms with Gasteiger partial charge < -0.3 is 20.5 Å². The molecule has 2 aromatic rings. The lowest BCUT2D eigenvalue weighted by Crippen LogP contribution is -2.32. The normalized spacial score (nSPS) is 20.2. The standard InChI is InChI=1S/C20H21N5O6/c1-10-14(19(27)31-9-13-6-3-7-30-13)15(11-4-2-5-12(8-11)25(28)29)16-17(22-10)23-20(21)24-18(16)26/h2,4-5,8,13,15H,3,6-7,9H2,1H3,(H4,21,22,23,24,26)/t13-,15+/m1/s1. The fourth-order valence-electron chi connectivity index (χ4n) is 3.91. The molecule has 2 aliphatic heterocycles. The number of rotatable bonds is 5. The second-order valence-corrected chi connectivity index (χ2v) is 7.40. The first-order chi connectivity index (χ1) is 14.8. The molecule has 11 heteroatoms. The van der Waals surface area contributed by atoms with Crippen molar-refractivity contribution in [2.75, 3.05) is 24.3 Å². The SMILES string of the molecule is CC1=C(C(=O)OC[C@H]2CCCO2)[C@H](c2cccc([N+](=O)[O-])c2)c2c(nc(N)[nH]c2=O)N1. The Hall–Kier alpha value is -3.73. The van der Waals surface area contributed by atoms with E-state index in [1.807, 2.05) is 0 Å². The molecule has 0 saturated carbocycles. The molecule has 0 unspecified atom stereocenters. The van der Waals surface area contributed by atoms with Crippen molar-refractivity contribution in [2.45, 2.75) is 31.8 Å². The molecular formula is C20H21N5O6. The van der Waals surface area contributed by atoms with E-state index in [0.717, 1.165) is 12.8 Å². The topological polar surface area (TPSA) is 162 Å². The van der Waals surface area contributed by atoms with Crippen molar-refractivity contribution in [1.29, 1.82) is 0 Å². The van der Waals surface area contributed by atoms with Gasteiger partial charge in [0.15, 0.2) is 0 Å². The van der Waals surface area contributed by atoms with Crippen molar-refractivity contribution in [2.24, 2.45) is 0 Å². The highest BCUT2D eigenvalue weighted by atomic mass is 16.6. The summed E-state index contributed by atoms with van der Waals surface area (Å²) >= 11 is 0. The number of ether oxygens (including phenoxy) is 2. The lowest BCUT2D eigenvalue weighted by atomic mass is 9.82. The van der Waals surface area contributed by atoms with Gasteiger partial charge >= 0.3 is 5.97 Å². The summed E-state index contributed by atoms with van der Waals surface area (Å²) in [6.45, 7) is 2.35. The summed E-state index contributed by atoms with van der Waals surface area (Å²) in [5.41, 5.74) is 6.05. The summed E-state index contributed by atoms with van der Waals surface area (Å²) in [4.78, 5) is 43.2. The number of nitro groups is 1. The van der Waals surface area contributed by atoms with Gasteiger partial charge in [0, 0.05) is 24.4 Å². The van der Waals surface area contributed by atoms with Crippen molar-refractivity contribution >= 4 is 23.4 Å². The molecule has 1 aromatic carbocycles. The highest BCUT2D eigenvalue weighted by Crippen LogP contribution is 2.40. The van der Waals surface area contributed by atoms with Crippen LogP contribution in [0, 0.1) is 10.1 Å². The third-order valence-electron chi connectivity index (χ3n) is 5.32. The summed E-state index contributed by atoms with van der Waals surface area (Å²) in [6.07, 6.45) is 1.52. The van der Waals surface area contributed by atoms with Gasteiger partial charge in [-0.1, -0.05) is 12.1 Å². The molecule has 4 N–H and O–H groups in total. The molecule has 0 radical (unpaired) electrons. The molecule has 1 fully saturated rings. The van der Waals surface area contributed by atoms with Gasteiger partial charge in [-0.15, -0.1) is 0 Å². The van der Waals surface area contributed by atoms with Crippen molar-refractivity contribution < 1.29 is 19.2 Å². The van der Waals surface area contributed by atoms with Crippen LogP contribution >= 0.6 is 0 Å². The number of hydrogen-bond acceptors (Lipinski definition) is 9. The van der Waals surface area contributed by atoms with Gasteiger partial charge in [-0.25, -0.2) is 4.79 Å². The molecule has 0 bridgehead atoms. The maximum atomic E-state index is 13.1. The number of hydrogen-bond donors (Lipinski definition) is 3. The minimum Gasteiger partial charge on any atom is -0.459 e. The van der Waals surface area contributed by atoms with Gasteiger partial charge in [0.2, 0.25) is 5.95 Å². The average molecular weight is 427 g/mol. The highest BCUT2D eigenvalue weighted by molar-refractivity contribution is 5.94. The minimum atomic E-state index is -0.926. The Balaban J connectivity index is 1.79. The number of aromatic amines is 1. The van der Waals surface area contributed by atoms with Gasteiger partial charge in [-0.2, -0.15) is 4.98 Å². The third-order valence-corrected chi connectivity index (χ3v) is 5.32. The van der Waals surface area contributed by atoms with Crippen LogP contribution in [-0.2, 0) is 14.3 Å². The van der Waals surface area contributed by atoms with Gasteiger partial charge in [0.05, 0.1) is 28.1 Å². The van der Waals surface area contributed by atoms with E-state index in [1.165, 1.54) is 18.2 Å². The van der Waals surface area contributed by atoms with Crippen LogP contribution in [0.25, 0.3) is 0 Å². The van der Waals surface area contributed by atoms with Gasteiger partial charge in [0.25, 0.3) is 11.2 Å². The number of nitro benzene ring substituents is 1. The van der Waals surface area contributed by atoms with Crippen LogP contribution in [0.2, 0.25) is 0 Å². The molecule has 162 valence electrons. The fourth-order valence-corrected chi connectivity index (χ4v) is 3.91. The predicted octanol–water partition coefficient (Wildman–Crippen LogP) is 1.81. The fraction of sp³-hybridized carbons (Fsp3) is 0.350. The van der Waals surface area contributed by atoms with Crippen LogP contribution in [0.4, 0.5) is 17.5 Å². The lowest BCUT2D eigenvalue weighted by Gasteiger charge is -2.28. The molecule has 0 amide bonds. The summed E-state index contributed by atoms with van der Waals surface area (Å²) in [5.74, 6) is -1.47. The number of nitrogens with one attached hydrogen (secondary N) is 2. The van der Waals surface area contributed by atoms with Crippen LogP contribution < -0.4 is 16.6 Å². The Morgan fingerprint density at radius 2 is 2.26 bits per heavy atom. The summed E-state index contributed by atoms with van der Waals surface area (Å²) in [5, 5.41) is 14.2. The largest absolute Gasteiger partial charge is 0.459 e. The number of non-ortho nitro benzene ring substituents is 1. The van der Waals surface area contributed by atoms with E-state index in [-0.39, 0.29) is 41.3 Å². The van der Waals surface area contributed by atoms with Crippen LogP contribution in [0.5, 0.6) is 0 Å². The summed E-state index contributed by atoms with van der Waals surface area (Å²) in [7, 11) is 0. The first-order valence-corrected chi connectivity index (χ1v) is 9.75. The van der Waals surface area contributed by atoms with E-state index in [0.29, 0.717) is 17.9 Å². The zero-order chi connectivity index (χ0) is 22.1.